The molecule has 0 spiro atoms. The second-order valence-corrected chi connectivity index (χ2v) is 7.59. The number of halogens is 1. The molecule has 10 nitrogen and oxygen atoms in total. The highest BCUT2D eigenvalue weighted by Gasteiger charge is 2.20. The molecule has 2 aromatic carbocycles. The standard InChI is InChI=1S/C24H19FN6O4/c1-34-13-18-20(14-3-7-16(25)8-4-14)22-27-26-21-19(31(22)28-18)11-12-30(24(21)33)29-23(32)15-5-9-17(35-2)10-6-15/h3-12H,13H2,1-2H3,(H,29,32). The first-order valence-electron chi connectivity index (χ1n) is 10.5. The van der Waals surface area contributed by atoms with E-state index in [0.29, 0.717) is 39.3 Å². The quantitative estimate of drug-likeness (QED) is 0.403. The van der Waals surface area contributed by atoms with Crippen LogP contribution in [-0.2, 0) is 11.3 Å². The maximum absolute atomic E-state index is 13.5. The summed E-state index contributed by atoms with van der Waals surface area (Å²) in [7, 11) is 3.06. The average Bonchev–Trinajstić information content (AvgIpc) is 3.25. The molecule has 3 aromatic heterocycles. The normalized spacial score (nSPS) is 11.2. The van der Waals surface area contributed by atoms with Crippen molar-refractivity contribution in [1.82, 2.24) is 24.5 Å². The molecule has 0 unspecified atom stereocenters. The Bertz CT molecular complexity index is 1610. The minimum atomic E-state index is -0.578. The lowest BCUT2D eigenvalue weighted by atomic mass is 10.1. The third-order valence-corrected chi connectivity index (χ3v) is 5.44. The third-order valence-electron chi connectivity index (χ3n) is 5.44. The van der Waals surface area contributed by atoms with E-state index in [-0.39, 0.29) is 17.9 Å². The smallest absolute Gasteiger partial charge is 0.299 e. The molecular weight excluding hydrogens is 455 g/mol. The lowest BCUT2D eigenvalue weighted by Gasteiger charge is -2.09. The lowest BCUT2D eigenvalue weighted by molar-refractivity contribution is 0.101. The number of rotatable bonds is 6. The highest BCUT2D eigenvalue weighted by molar-refractivity contribution is 6.00. The van der Waals surface area contributed by atoms with Crippen molar-refractivity contribution in [2.45, 2.75) is 6.61 Å². The van der Waals surface area contributed by atoms with E-state index in [1.54, 1.807) is 42.5 Å². The van der Waals surface area contributed by atoms with E-state index < -0.39 is 11.5 Å². The monoisotopic (exact) mass is 474 g/mol. The SMILES string of the molecule is COCc1nn2c(nnc3c(=O)n(NC(=O)c4ccc(OC)cc4)ccc32)c1-c1ccc(F)cc1. The Labute approximate surface area is 197 Å². The predicted octanol–water partition coefficient (Wildman–Crippen LogP) is 2.78. The Morgan fingerprint density at radius 3 is 2.46 bits per heavy atom. The first-order chi connectivity index (χ1) is 17.0. The molecule has 0 aliphatic rings. The van der Waals surface area contributed by atoms with Gasteiger partial charge in [0.15, 0.2) is 11.2 Å². The number of hydrogen-bond donors (Lipinski definition) is 1. The first kappa shape index (κ1) is 22.2. The molecule has 0 saturated heterocycles. The molecule has 1 N–H and O–H groups in total. The number of methoxy groups -OCH3 is 2. The van der Waals surface area contributed by atoms with Crippen LogP contribution in [0.3, 0.4) is 0 Å². The zero-order chi connectivity index (χ0) is 24.5. The number of ether oxygens (including phenoxy) is 2. The van der Waals surface area contributed by atoms with Crippen LogP contribution in [0.2, 0.25) is 0 Å². The molecule has 35 heavy (non-hydrogen) atoms. The van der Waals surface area contributed by atoms with Crippen LogP contribution in [0.15, 0.2) is 65.6 Å². The van der Waals surface area contributed by atoms with Gasteiger partial charge in [0.05, 0.1) is 25.0 Å². The molecule has 176 valence electrons. The Kier molecular flexibility index (Phi) is 5.67. The second-order valence-electron chi connectivity index (χ2n) is 7.59. The molecule has 0 fully saturated rings. The van der Waals surface area contributed by atoms with Crippen LogP contribution >= 0.6 is 0 Å². The number of carbonyl (C=O) groups excluding carboxylic acids is 1. The molecule has 5 aromatic rings. The Balaban J connectivity index is 1.58. The fraction of sp³-hybridized carbons (Fsp3) is 0.125. The van der Waals surface area contributed by atoms with Gasteiger partial charge in [-0.05, 0) is 48.0 Å². The van der Waals surface area contributed by atoms with E-state index in [4.69, 9.17) is 9.47 Å². The molecular formula is C24H19FN6O4. The molecule has 0 aliphatic carbocycles. The van der Waals surface area contributed by atoms with Crippen LogP contribution in [0.25, 0.3) is 27.8 Å². The molecule has 5 rings (SSSR count). The number of fused-ring (bicyclic) bond motifs is 3. The summed E-state index contributed by atoms with van der Waals surface area (Å²) in [4.78, 5) is 25.7. The van der Waals surface area contributed by atoms with E-state index in [1.807, 2.05) is 0 Å². The largest absolute Gasteiger partial charge is 0.497 e. The Hall–Kier alpha value is -4.64. The van der Waals surface area contributed by atoms with E-state index >= 15 is 0 Å². The molecule has 0 aliphatic heterocycles. The zero-order valence-corrected chi connectivity index (χ0v) is 18.7. The minimum Gasteiger partial charge on any atom is -0.497 e. The number of nitrogens with one attached hydrogen (secondary N) is 1. The Morgan fingerprint density at radius 2 is 1.77 bits per heavy atom. The van der Waals surface area contributed by atoms with Crippen molar-refractivity contribution in [2.24, 2.45) is 0 Å². The molecule has 0 radical (unpaired) electrons. The van der Waals surface area contributed by atoms with Crippen molar-refractivity contribution in [3.63, 3.8) is 0 Å². The van der Waals surface area contributed by atoms with Gasteiger partial charge in [-0.25, -0.2) is 13.6 Å². The van der Waals surface area contributed by atoms with Crippen LogP contribution in [0.4, 0.5) is 4.39 Å². The van der Waals surface area contributed by atoms with Gasteiger partial charge in [0, 0.05) is 18.9 Å². The third kappa shape index (κ3) is 3.97. The van der Waals surface area contributed by atoms with Crippen molar-refractivity contribution in [1.29, 1.82) is 0 Å². The van der Waals surface area contributed by atoms with Crippen molar-refractivity contribution < 1.29 is 18.7 Å². The number of hydrogen-bond acceptors (Lipinski definition) is 7. The summed E-state index contributed by atoms with van der Waals surface area (Å²) in [5, 5.41) is 12.9. The number of amides is 1. The summed E-state index contributed by atoms with van der Waals surface area (Å²) in [6.07, 6.45) is 1.42. The summed E-state index contributed by atoms with van der Waals surface area (Å²) in [6, 6.07) is 14.0. The van der Waals surface area contributed by atoms with Crippen LogP contribution in [0.1, 0.15) is 16.1 Å². The van der Waals surface area contributed by atoms with Crippen molar-refractivity contribution >= 4 is 22.6 Å². The fourth-order valence-corrected chi connectivity index (χ4v) is 3.75. The van der Waals surface area contributed by atoms with E-state index in [0.717, 1.165) is 4.68 Å². The van der Waals surface area contributed by atoms with Crippen molar-refractivity contribution in [3.8, 4) is 16.9 Å². The molecule has 0 bridgehead atoms. The van der Waals surface area contributed by atoms with E-state index in [1.165, 1.54) is 37.1 Å². The summed E-state index contributed by atoms with van der Waals surface area (Å²) < 4.78 is 26.4. The molecule has 3 heterocycles. The average molecular weight is 474 g/mol. The van der Waals surface area contributed by atoms with Crippen LogP contribution < -0.4 is 15.7 Å². The van der Waals surface area contributed by atoms with Gasteiger partial charge in [-0.2, -0.15) is 5.10 Å². The van der Waals surface area contributed by atoms with Gasteiger partial charge in [-0.15, -0.1) is 10.2 Å². The molecule has 0 saturated carbocycles. The summed E-state index contributed by atoms with van der Waals surface area (Å²) in [5.74, 6) is -0.244. The number of aromatic nitrogens is 5. The van der Waals surface area contributed by atoms with Gasteiger partial charge < -0.3 is 9.47 Å². The summed E-state index contributed by atoms with van der Waals surface area (Å²) in [6.45, 7) is 0.173. The molecule has 0 atom stereocenters. The number of pyridine rings is 1. The molecule has 1 amide bonds. The summed E-state index contributed by atoms with van der Waals surface area (Å²) >= 11 is 0. The van der Waals surface area contributed by atoms with Gasteiger partial charge >= 0.3 is 0 Å². The minimum absolute atomic E-state index is 0.00662. The van der Waals surface area contributed by atoms with Gasteiger partial charge in [0.2, 0.25) is 0 Å². The van der Waals surface area contributed by atoms with Gasteiger partial charge in [0.25, 0.3) is 11.5 Å². The van der Waals surface area contributed by atoms with Crippen molar-refractivity contribution in [3.05, 3.63) is 88.2 Å². The first-order valence-corrected chi connectivity index (χ1v) is 10.5. The van der Waals surface area contributed by atoms with Crippen LogP contribution in [-0.4, -0.2) is 44.6 Å². The van der Waals surface area contributed by atoms with Gasteiger partial charge in [0.1, 0.15) is 17.1 Å². The zero-order valence-electron chi connectivity index (χ0n) is 18.7. The lowest BCUT2D eigenvalue weighted by Crippen LogP contribution is -2.33. The van der Waals surface area contributed by atoms with Crippen molar-refractivity contribution in [2.75, 3.05) is 19.6 Å². The number of nitrogens with zero attached hydrogens (tertiary/aromatic N) is 5. The highest BCUT2D eigenvalue weighted by Crippen LogP contribution is 2.29. The molecule has 11 heteroatoms. The van der Waals surface area contributed by atoms with Gasteiger partial charge in [-0.1, -0.05) is 12.1 Å². The van der Waals surface area contributed by atoms with Gasteiger partial charge in [-0.3, -0.25) is 15.0 Å². The number of benzene rings is 2. The van der Waals surface area contributed by atoms with Crippen LogP contribution in [0.5, 0.6) is 5.75 Å². The predicted molar refractivity (Wildman–Crippen MR) is 125 cm³/mol. The highest BCUT2D eigenvalue weighted by atomic mass is 19.1. The fourth-order valence-electron chi connectivity index (χ4n) is 3.75. The second kappa shape index (κ2) is 8.95. The Morgan fingerprint density at radius 1 is 1.03 bits per heavy atom. The topological polar surface area (TPSA) is 113 Å². The number of carbonyl (C=O) groups is 1. The van der Waals surface area contributed by atoms with E-state index in [9.17, 15) is 14.0 Å². The van der Waals surface area contributed by atoms with E-state index in [2.05, 4.69) is 20.7 Å². The maximum Gasteiger partial charge on any atom is 0.299 e. The maximum atomic E-state index is 13.5. The summed E-state index contributed by atoms with van der Waals surface area (Å²) in [5.41, 5.74) is 4.95. The van der Waals surface area contributed by atoms with Crippen LogP contribution in [0, 0.1) is 5.82 Å².